The molecule has 9 heteroatoms. The predicted molar refractivity (Wildman–Crippen MR) is 106 cm³/mol. The minimum Gasteiger partial charge on any atom is -0.486 e. The number of alkyl carbamates (subject to hydrolysis) is 1. The number of para-hydroxylation sites is 2. The Morgan fingerprint density at radius 3 is 2.76 bits per heavy atom. The first kappa shape index (κ1) is 20.5. The van der Waals surface area contributed by atoms with Crippen LogP contribution in [0, 0.1) is 0 Å². The van der Waals surface area contributed by atoms with E-state index in [-0.39, 0.29) is 12.0 Å². The molecule has 0 unspecified atom stereocenters. The fraction of sp³-hybridized carbons (Fsp3) is 0.450. The smallest absolute Gasteiger partial charge is 0.408 e. The SMILES string of the molecule is C[C@H](NC(=O)OC(C)(C)C)C(=O)Nc1cnn(C[C@H]2COc3ccccc3O2)c1. The summed E-state index contributed by atoms with van der Waals surface area (Å²) in [4.78, 5) is 24.1. The maximum atomic E-state index is 12.3. The van der Waals surface area contributed by atoms with Gasteiger partial charge < -0.3 is 24.8 Å². The quantitative estimate of drug-likeness (QED) is 0.797. The molecule has 3 rings (SSSR count). The lowest BCUT2D eigenvalue weighted by Gasteiger charge is -2.26. The van der Waals surface area contributed by atoms with Gasteiger partial charge in [0.15, 0.2) is 17.6 Å². The molecule has 1 aromatic carbocycles. The van der Waals surface area contributed by atoms with Crippen LogP contribution in [0.25, 0.3) is 0 Å². The van der Waals surface area contributed by atoms with E-state index in [0.717, 1.165) is 5.75 Å². The number of nitrogens with one attached hydrogen (secondary N) is 2. The van der Waals surface area contributed by atoms with Gasteiger partial charge in [-0.05, 0) is 39.8 Å². The van der Waals surface area contributed by atoms with E-state index in [0.29, 0.717) is 24.6 Å². The monoisotopic (exact) mass is 402 g/mol. The average molecular weight is 402 g/mol. The van der Waals surface area contributed by atoms with E-state index in [1.165, 1.54) is 6.20 Å². The number of hydrogen-bond donors (Lipinski definition) is 2. The van der Waals surface area contributed by atoms with Gasteiger partial charge in [0.2, 0.25) is 5.91 Å². The van der Waals surface area contributed by atoms with Crippen LogP contribution < -0.4 is 20.1 Å². The van der Waals surface area contributed by atoms with Crippen molar-refractivity contribution in [1.29, 1.82) is 0 Å². The maximum Gasteiger partial charge on any atom is 0.408 e. The molecule has 0 saturated heterocycles. The van der Waals surface area contributed by atoms with Gasteiger partial charge >= 0.3 is 6.09 Å². The van der Waals surface area contributed by atoms with Crippen molar-refractivity contribution < 1.29 is 23.8 Å². The number of rotatable bonds is 5. The van der Waals surface area contributed by atoms with Crippen molar-refractivity contribution in [3.05, 3.63) is 36.7 Å². The first-order valence-electron chi connectivity index (χ1n) is 9.41. The van der Waals surface area contributed by atoms with Crippen molar-refractivity contribution in [1.82, 2.24) is 15.1 Å². The van der Waals surface area contributed by atoms with Crippen molar-refractivity contribution in [3.63, 3.8) is 0 Å². The molecule has 1 aliphatic rings. The molecule has 1 aliphatic heterocycles. The lowest BCUT2D eigenvalue weighted by molar-refractivity contribution is -0.117. The number of hydrogen-bond acceptors (Lipinski definition) is 6. The Balaban J connectivity index is 1.50. The maximum absolute atomic E-state index is 12.3. The fourth-order valence-corrected chi connectivity index (χ4v) is 2.69. The van der Waals surface area contributed by atoms with Crippen molar-refractivity contribution in [3.8, 4) is 11.5 Å². The highest BCUT2D eigenvalue weighted by molar-refractivity contribution is 5.96. The summed E-state index contributed by atoms with van der Waals surface area (Å²) in [5.41, 5.74) is -0.114. The van der Waals surface area contributed by atoms with E-state index in [2.05, 4.69) is 15.7 Å². The molecule has 156 valence electrons. The topological polar surface area (TPSA) is 104 Å². The molecule has 9 nitrogen and oxygen atoms in total. The number of aromatic nitrogens is 2. The van der Waals surface area contributed by atoms with Crippen LogP contribution in [0.5, 0.6) is 11.5 Å². The largest absolute Gasteiger partial charge is 0.486 e. The minimum atomic E-state index is -0.764. The van der Waals surface area contributed by atoms with Crippen molar-refractivity contribution in [2.45, 2.75) is 52.0 Å². The fourth-order valence-electron chi connectivity index (χ4n) is 2.69. The second-order valence-corrected chi connectivity index (χ2v) is 7.81. The number of fused-ring (bicyclic) bond motifs is 1. The number of benzene rings is 1. The van der Waals surface area contributed by atoms with Gasteiger partial charge in [-0.15, -0.1) is 0 Å². The Hall–Kier alpha value is -3.23. The Morgan fingerprint density at radius 2 is 2.03 bits per heavy atom. The van der Waals surface area contributed by atoms with Crippen LogP contribution in [0.1, 0.15) is 27.7 Å². The Kier molecular flexibility index (Phi) is 5.95. The van der Waals surface area contributed by atoms with Crippen LogP contribution >= 0.6 is 0 Å². The highest BCUT2D eigenvalue weighted by Gasteiger charge is 2.23. The summed E-state index contributed by atoms with van der Waals surface area (Å²) >= 11 is 0. The molecular formula is C20H26N4O5. The second kappa shape index (κ2) is 8.42. The van der Waals surface area contributed by atoms with Crippen LogP contribution in [0.15, 0.2) is 36.7 Å². The Bertz CT molecular complexity index is 874. The molecule has 0 aliphatic carbocycles. The number of ether oxygens (including phenoxy) is 3. The summed E-state index contributed by atoms with van der Waals surface area (Å²) in [5, 5.41) is 9.46. The van der Waals surface area contributed by atoms with Gasteiger partial charge in [0, 0.05) is 6.20 Å². The van der Waals surface area contributed by atoms with E-state index in [4.69, 9.17) is 14.2 Å². The molecule has 2 aromatic rings. The van der Waals surface area contributed by atoms with Crippen LogP contribution in [0.3, 0.4) is 0 Å². The lowest BCUT2D eigenvalue weighted by Crippen LogP contribution is -2.43. The molecule has 2 amide bonds. The molecular weight excluding hydrogens is 376 g/mol. The van der Waals surface area contributed by atoms with E-state index >= 15 is 0 Å². The standard InChI is InChI=1S/C20H26N4O5/c1-13(22-19(26)29-20(2,3)4)18(25)23-14-9-21-24(10-14)11-15-12-27-16-7-5-6-8-17(16)28-15/h5-10,13,15H,11-12H2,1-4H3,(H,22,26)(H,23,25)/t13-,15-/m0/s1. The Morgan fingerprint density at radius 1 is 1.31 bits per heavy atom. The van der Waals surface area contributed by atoms with Gasteiger partial charge in [0.25, 0.3) is 0 Å². The van der Waals surface area contributed by atoms with E-state index in [1.54, 1.807) is 38.6 Å². The summed E-state index contributed by atoms with van der Waals surface area (Å²) in [6.07, 6.45) is 2.39. The molecule has 1 aromatic heterocycles. The molecule has 2 heterocycles. The predicted octanol–water partition coefficient (Wildman–Crippen LogP) is 2.57. The molecule has 0 fully saturated rings. The molecule has 0 radical (unpaired) electrons. The summed E-state index contributed by atoms with van der Waals surface area (Å²) in [6, 6.07) is 6.73. The second-order valence-electron chi connectivity index (χ2n) is 7.81. The third kappa shape index (κ3) is 5.87. The van der Waals surface area contributed by atoms with Gasteiger partial charge in [-0.3, -0.25) is 9.48 Å². The highest BCUT2D eigenvalue weighted by Crippen LogP contribution is 2.31. The highest BCUT2D eigenvalue weighted by atomic mass is 16.6. The molecule has 0 spiro atoms. The van der Waals surface area contributed by atoms with Gasteiger partial charge in [0.1, 0.15) is 18.2 Å². The molecule has 0 saturated carbocycles. The van der Waals surface area contributed by atoms with Gasteiger partial charge in [-0.2, -0.15) is 5.10 Å². The molecule has 2 N–H and O–H groups in total. The van der Waals surface area contributed by atoms with Crippen LogP contribution in [0.2, 0.25) is 0 Å². The zero-order valence-corrected chi connectivity index (χ0v) is 17.0. The van der Waals surface area contributed by atoms with Gasteiger partial charge in [0.05, 0.1) is 18.4 Å². The van der Waals surface area contributed by atoms with E-state index in [9.17, 15) is 9.59 Å². The van der Waals surface area contributed by atoms with Crippen LogP contribution in [-0.2, 0) is 16.1 Å². The van der Waals surface area contributed by atoms with Gasteiger partial charge in [-0.1, -0.05) is 12.1 Å². The molecule has 0 bridgehead atoms. The Labute approximate surface area is 169 Å². The zero-order chi connectivity index (χ0) is 21.0. The van der Waals surface area contributed by atoms with E-state index in [1.807, 2.05) is 24.3 Å². The number of anilines is 1. The first-order valence-corrected chi connectivity index (χ1v) is 9.41. The average Bonchev–Trinajstić information content (AvgIpc) is 3.06. The summed E-state index contributed by atoms with van der Waals surface area (Å²) < 4.78 is 18.4. The van der Waals surface area contributed by atoms with Gasteiger partial charge in [-0.25, -0.2) is 4.79 Å². The van der Waals surface area contributed by atoms with Crippen molar-refractivity contribution in [2.75, 3.05) is 11.9 Å². The van der Waals surface area contributed by atoms with Crippen LogP contribution in [-0.4, -0.2) is 46.1 Å². The van der Waals surface area contributed by atoms with Crippen LogP contribution in [0.4, 0.5) is 10.5 Å². The van der Waals surface area contributed by atoms with E-state index < -0.39 is 17.7 Å². The number of amides is 2. The summed E-state index contributed by atoms with van der Waals surface area (Å²) in [5.74, 6) is 1.05. The van der Waals surface area contributed by atoms with Crippen molar-refractivity contribution in [2.24, 2.45) is 0 Å². The normalized spacial score (nSPS) is 16.6. The minimum absolute atomic E-state index is 0.193. The number of nitrogens with zero attached hydrogens (tertiary/aromatic N) is 2. The molecule has 29 heavy (non-hydrogen) atoms. The molecule has 2 atom stereocenters. The third-order valence-electron chi connectivity index (χ3n) is 3.99. The number of carbonyl (C=O) groups is 2. The lowest BCUT2D eigenvalue weighted by atomic mass is 10.2. The zero-order valence-electron chi connectivity index (χ0n) is 17.0. The third-order valence-corrected chi connectivity index (χ3v) is 3.99. The first-order chi connectivity index (χ1) is 13.7. The summed E-state index contributed by atoms with van der Waals surface area (Å²) in [7, 11) is 0. The number of carbonyl (C=O) groups excluding carboxylic acids is 2. The van der Waals surface area contributed by atoms with Crippen molar-refractivity contribution >= 4 is 17.7 Å². The summed E-state index contributed by atoms with van der Waals surface area (Å²) in [6.45, 7) is 7.72.